The average Bonchev–Trinajstić information content (AvgIpc) is 3.15. The summed E-state index contributed by atoms with van der Waals surface area (Å²) in [7, 11) is 0. The predicted molar refractivity (Wildman–Crippen MR) is 69.5 cm³/mol. The Morgan fingerprint density at radius 1 is 1.42 bits per heavy atom. The van der Waals surface area contributed by atoms with Crippen molar-refractivity contribution in [2.45, 2.75) is 38.8 Å². The van der Waals surface area contributed by atoms with E-state index in [2.05, 4.69) is 10.4 Å². The number of rotatable bonds is 3. The van der Waals surface area contributed by atoms with Crippen LogP contribution in [0.2, 0.25) is 0 Å². The minimum Gasteiger partial charge on any atom is -0.344 e. The van der Waals surface area contributed by atoms with E-state index in [0.29, 0.717) is 18.9 Å². The summed E-state index contributed by atoms with van der Waals surface area (Å²) in [4.78, 5) is 25.9. The molecule has 2 fully saturated rings. The molecule has 0 aromatic carbocycles. The number of amides is 2. The predicted octanol–water partition coefficient (Wildman–Crippen LogP) is 0.534. The molecule has 19 heavy (non-hydrogen) atoms. The van der Waals surface area contributed by atoms with E-state index >= 15 is 0 Å². The van der Waals surface area contributed by atoms with Crippen molar-refractivity contribution in [1.29, 1.82) is 0 Å². The molecule has 1 aliphatic heterocycles. The molecule has 1 aliphatic carbocycles. The van der Waals surface area contributed by atoms with Gasteiger partial charge in [0.2, 0.25) is 11.8 Å². The van der Waals surface area contributed by atoms with Crippen molar-refractivity contribution in [3.05, 3.63) is 12.4 Å². The first-order valence-corrected chi connectivity index (χ1v) is 6.82. The molecule has 3 rings (SSSR count). The standard InChI is InChI=1S/C13H18N4O2/c1-2-16-8-10(7-14-16)17-6-5-11(18)15-12(13(17)19)9-3-4-9/h7-9,12H,2-6H2,1H3,(H,15,18). The van der Waals surface area contributed by atoms with Crippen LogP contribution >= 0.6 is 0 Å². The number of aromatic nitrogens is 2. The van der Waals surface area contributed by atoms with Gasteiger partial charge in [-0.2, -0.15) is 5.10 Å². The van der Waals surface area contributed by atoms with Crippen LogP contribution in [0.25, 0.3) is 0 Å². The first-order valence-electron chi connectivity index (χ1n) is 6.82. The lowest BCUT2D eigenvalue weighted by molar-refractivity contribution is -0.126. The Morgan fingerprint density at radius 3 is 2.84 bits per heavy atom. The molecule has 102 valence electrons. The highest BCUT2D eigenvalue weighted by atomic mass is 16.2. The van der Waals surface area contributed by atoms with Gasteiger partial charge in [0.1, 0.15) is 6.04 Å². The highest BCUT2D eigenvalue weighted by molar-refractivity contribution is 6.01. The lowest BCUT2D eigenvalue weighted by Crippen LogP contribution is -2.46. The van der Waals surface area contributed by atoms with Crippen molar-refractivity contribution in [2.75, 3.05) is 11.4 Å². The van der Waals surface area contributed by atoms with E-state index in [1.165, 1.54) is 0 Å². The number of hydrogen-bond donors (Lipinski definition) is 1. The van der Waals surface area contributed by atoms with Crippen LogP contribution < -0.4 is 10.2 Å². The number of hydrogen-bond acceptors (Lipinski definition) is 3. The van der Waals surface area contributed by atoms with Crippen LogP contribution in [0.4, 0.5) is 5.69 Å². The van der Waals surface area contributed by atoms with E-state index in [9.17, 15) is 9.59 Å². The lowest BCUT2D eigenvalue weighted by atomic mass is 10.1. The van der Waals surface area contributed by atoms with Crippen molar-refractivity contribution < 1.29 is 9.59 Å². The zero-order chi connectivity index (χ0) is 13.4. The van der Waals surface area contributed by atoms with Crippen molar-refractivity contribution in [1.82, 2.24) is 15.1 Å². The Morgan fingerprint density at radius 2 is 2.21 bits per heavy atom. The number of nitrogens with one attached hydrogen (secondary N) is 1. The van der Waals surface area contributed by atoms with Gasteiger partial charge < -0.3 is 10.2 Å². The smallest absolute Gasteiger partial charge is 0.249 e. The lowest BCUT2D eigenvalue weighted by Gasteiger charge is -2.22. The van der Waals surface area contributed by atoms with Gasteiger partial charge in [-0.05, 0) is 25.7 Å². The van der Waals surface area contributed by atoms with E-state index in [1.807, 2.05) is 13.1 Å². The summed E-state index contributed by atoms with van der Waals surface area (Å²) in [5, 5.41) is 7.05. The van der Waals surface area contributed by atoms with Crippen LogP contribution in [0.3, 0.4) is 0 Å². The number of carbonyl (C=O) groups excluding carboxylic acids is 2. The quantitative estimate of drug-likeness (QED) is 0.864. The van der Waals surface area contributed by atoms with Gasteiger partial charge in [0, 0.05) is 25.7 Å². The first kappa shape index (κ1) is 12.2. The van der Waals surface area contributed by atoms with Gasteiger partial charge in [-0.25, -0.2) is 0 Å². The monoisotopic (exact) mass is 262 g/mol. The summed E-state index contributed by atoms with van der Waals surface area (Å²) in [5.41, 5.74) is 0.786. The second kappa shape index (κ2) is 4.68. The number of carbonyl (C=O) groups is 2. The third kappa shape index (κ3) is 2.34. The van der Waals surface area contributed by atoms with Gasteiger partial charge in [-0.1, -0.05) is 0 Å². The molecule has 1 saturated carbocycles. The van der Waals surface area contributed by atoms with Crippen LogP contribution in [0.15, 0.2) is 12.4 Å². The maximum atomic E-state index is 12.5. The fourth-order valence-corrected chi connectivity index (χ4v) is 2.47. The number of nitrogens with zero attached hydrogens (tertiary/aromatic N) is 3. The molecule has 2 aliphatic rings. The Labute approximate surface area is 111 Å². The van der Waals surface area contributed by atoms with E-state index < -0.39 is 0 Å². The molecular formula is C13H18N4O2. The van der Waals surface area contributed by atoms with Crippen LogP contribution in [-0.2, 0) is 16.1 Å². The molecule has 2 amide bonds. The molecule has 0 spiro atoms. The number of aryl methyl sites for hydroxylation is 1. The second-order valence-electron chi connectivity index (χ2n) is 5.18. The first-order chi connectivity index (χ1) is 9.19. The van der Waals surface area contributed by atoms with Crippen molar-refractivity contribution in [2.24, 2.45) is 5.92 Å². The topological polar surface area (TPSA) is 67.2 Å². The van der Waals surface area contributed by atoms with Crippen LogP contribution in [-0.4, -0.2) is 34.2 Å². The SMILES string of the molecule is CCn1cc(N2CCC(=O)NC(C3CC3)C2=O)cn1. The minimum atomic E-state index is -0.347. The molecule has 2 heterocycles. The maximum Gasteiger partial charge on any atom is 0.249 e. The average molecular weight is 262 g/mol. The highest BCUT2D eigenvalue weighted by Gasteiger charge is 2.41. The highest BCUT2D eigenvalue weighted by Crippen LogP contribution is 2.34. The van der Waals surface area contributed by atoms with Crippen molar-refractivity contribution in [3.63, 3.8) is 0 Å². The van der Waals surface area contributed by atoms with Gasteiger partial charge >= 0.3 is 0 Å². The molecule has 1 N–H and O–H groups in total. The third-order valence-corrected chi connectivity index (χ3v) is 3.76. The summed E-state index contributed by atoms with van der Waals surface area (Å²) in [6.07, 6.45) is 5.96. The normalized spacial score (nSPS) is 24.3. The zero-order valence-corrected chi connectivity index (χ0v) is 11.0. The van der Waals surface area contributed by atoms with Crippen LogP contribution in [0.1, 0.15) is 26.2 Å². The molecular weight excluding hydrogens is 244 g/mol. The zero-order valence-electron chi connectivity index (χ0n) is 11.0. The van der Waals surface area contributed by atoms with Gasteiger partial charge in [0.15, 0.2) is 0 Å². The molecule has 6 nitrogen and oxygen atoms in total. The molecule has 0 bridgehead atoms. The number of anilines is 1. The molecule has 1 aromatic rings. The molecule has 0 radical (unpaired) electrons. The summed E-state index contributed by atoms with van der Waals surface area (Å²) < 4.78 is 1.79. The van der Waals surface area contributed by atoms with E-state index in [1.54, 1.807) is 15.8 Å². The molecule has 1 saturated heterocycles. The summed E-state index contributed by atoms with van der Waals surface area (Å²) >= 11 is 0. The second-order valence-corrected chi connectivity index (χ2v) is 5.18. The maximum absolute atomic E-state index is 12.5. The molecule has 1 aromatic heterocycles. The minimum absolute atomic E-state index is 0.00371. The van der Waals surface area contributed by atoms with Crippen LogP contribution in [0, 0.1) is 5.92 Å². The Hall–Kier alpha value is -1.85. The van der Waals surface area contributed by atoms with E-state index in [0.717, 1.165) is 25.1 Å². The third-order valence-electron chi connectivity index (χ3n) is 3.76. The molecule has 6 heteroatoms. The Bertz CT molecular complexity index is 506. The largest absolute Gasteiger partial charge is 0.344 e. The van der Waals surface area contributed by atoms with Crippen LogP contribution in [0.5, 0.6) is 0 Å². The summed E-state index contributed by atoms with van der Waals surface area (Å²) in [6, 6.07) is -0.347. The molecule has 1 unspecified atom stereocenters. The van der Waals surface area contributed by atoms with Gasteiger partial charge in [-0.3, -0.25) is 14.3 Å². The van der Waals surface area contributed by atoms with Gasteiger partial charge in [0.25, 0.3) is 0 Å². The van der Waals surface area contributed by atoms with Crippen molar-refractivity contribution in [3.8, 4) is 0 Å². The fraction of sp³-hybridized carbons (Fsp3) is 0.615. The molecule has 1 atom stereocenters. The fourth-order valence-electron chi connectivity index (χ4n) is 2.47. The Kier molecular flexibility index (Phi) is 3.00. The van der Waals surface area contributed by atoms with E-state index in [4.69, 9.17) is 0 Å². The Balaban J connectivity index is 1.86. The van der Waals surface area contributed by atoms with Crippen molar-refractivity contribution >= 4 is 17.5 Å². The summed E-state index contributed by atoms with van der Waals surface area (Å²) in [6.45, 7) is 3.20. The summed E-state index contributed by atoms with van der Waals surface area (Å²) in [5.74, 6) is 0.290. The van der Waals surface area contributed by atoms with Gasteiger partial charge in [-0.15, -0.1) is 0 Å². The van der Waals surface area contributed by atoms with E-state index in [-0.39, 0.29) is 17.9 Å². The van der Waals surface area contributed by atoms with Gasteiger partial charge in [0.05, 0.1) is 11.9 Å².